The normalized spacial score (nSPS) is 13.4. The van der Waals surface area contributed by atoms with Crippen molar-refractivity contribution in [2.75, 3.05) is 6.61 Å². The fourth-order valence-corrected chi connectivity index (χ4v) is 5.10. The highest BCUT2D eigenvalue weighted by atomic mass is 16.6. The molecule has 5 rings (SSSR count). The molecule has 0 aliphatic carbocycles. The van der Waals surface area contributed by atoms with E-state index in [0.717, 1.165) is 27.8 Å². The van der Waals surface area contributed by atoms with Gasteiger partial charge in [0.2, 0.25) is 0 Å². The first-order valence-corrected chi connectivity index (χ1v) is 16.0. The molecule has 0 fully saturated rings. The smallest absolute Gasteiger partial charge is 0.121 e. The molecule has 3 atom stereocenters. The monoisotopic (exact) mass is 613 g/mol. The highest BCUT2D eigenvalue weighted by Gasteiger charge is 2.32. The fraction of sp³-hybridized carbons (Fsp3) is 0.244. The van der Waals surface area contributed by atoms with Gasteiger partial charge < -0.3 is 18.9 Å². The summed E-state index contributed by atoms with van der Waals surface area (Å²) in [7, 11) is 0. The molecule has 3 unspecified atom stereocenters. The van der Waals surface area contributed by atoms with Crippen molar-refractivity contribution in [2.45, 2.75) is 57.7 Å². The zero-order valence-electron chi connectivity index (χ0n) is 26.3. The number of aliphatic imine (C=N–C) groups is 1. The van der Waals surface area contributed by atoms with Gasteiger partial charge in [-0.1, -0.05) is 152 Å². The van der Waals surface area contributed by atoms with E-state index in [2.05, 4.69) is 60.7 Å². The van der Waals surface area contributed by atoms with Gasteiger partial charge in [0.1, 0.15) is 12.2 Å². The molecule has 0 amide bonds. The summed E-state index contributed by atoms with van der Waals surface area (Å²) in [4.78, 5) is 4.85. The highest BCUT2D eigenvalue weighted by Crippen LogP contribution is 2.21. The zero-order valence-corrected chi connectivity index (χ0v) is 26.3. The van der Waals surface area contributed by atoms with Gasteiger partial charge in [-0.25, -0.2) is 0 Å². The molecule has 0 N–H and O–H groups in total. The zero-order chi connectivity index (χ0) is 31.5. The highest BCUT2D eigenvalue weighted by molar-refractivity contribution is 5.64. The van der Waals surface area contributed by atoms with Crippen molar-refractivity contribution >= 4 is 6.21 Å². The number of nitrogens with zero attached hydrogens (tertiary/aromatic N) is 1. The molecule has 0 aromatic heterocycles. The molecule has 0 bridgehead atoms. The summed E-state index contributed by atoms with van der Waals surface area (Å²) < 4.78 is 26.2. The third-order valence-electron chi connectivity index (χ3n) is 7.59. The van der Waals surface area contributed by atoms with Crippen LogP contribution in [0.2, 0.25) is 0 Å². The lowest BCUT2D eigenvalue weighted by atomic mass is 10.0. The van der Waals surface area contributed by atoms with Crippen molar-refractivity contribution in [2.24, 2.45) is 4.99 Å². The van der Waals surface area contributed by atoms with Crippen molar-refractivity contribution in [1.29, 1.82) is 0 Å². The van der Waals surface area contributed by atoms with Gasteiger partial charge in [-0.3, -0.25) is 4.99 Å². The number of hydrogen-bond donors (Lipinski definition) is 0. The van der Waals surface area contributed by atoms with Crippen LogP contribution in [-0.2, 0) is 51.9 Å². The lowest BCUT2D eigenvalue weighted by molar-refractivity contribution is -0.138. The number of hydrogen-bond acceptors (Lipinski definition) is 5. The number of rotatable bonds is 19. The quantitative estimate of drug-likeness (QED) is 0.0691. The molecular formula is C41H43NO4. The summed E-state index contributed by atoms with van der Waals surface area (Å²) in [5.41, 5.74) is 5.53. The first kappa shape index (κ1) is 33.0. The van der Waals surface area contributed by atoms with E-state index in [1.165, 1.54) is 0 Å². The molecule has 0 heterocycles. The second-order valence-electron chi connectivity index (χ2n) is 11.2. The average Bonchev–Trinajstić information content (AvgIpc) is 3.12. The van der Waals surface area contributed by atoms with E-state index in [1.807, 2.05) is 97.2 Å². The van der Waals surface area contributed by atoms with Crippen LogP contribution in [0.15, 0.2) is 157 Å². The van der Waals surface area contributed by atoms with E-state index in [1.54, 1.807) is 0 Å². The Balaban J connectivity index is 1.39. The van der Waals surface area contributed by atoms with Gasteiger partial charge >= 0.3 is 0 Å². The van der Waals surface area contributed by atoms with E-state index in [0.29, 0.717) is 46.0 Å². The van der Waals surface area contributed by atoms with E-state index in [-0.39, 0.29) is 6.10 Å². The van der Waals surface area contributed by atoms with Crippen molar-refractivity contribution in [3.8, 4) is 0 Å². The summed E-state index contributed by atoms with van der Waals surface area (Å²) in [6.45, 7) is 2.87. The van der Waals surface area contributed by atoms with Gasteiger partial charge in [0.05, 0.1) is 39.1 Å². The molecule has 5 aromatic rings. The van der Waals surface area contributed by atoms with Gasteiger partial charge in [0.25, 0.3) is 0 Å². The van der Waals surface area contributed by atoms with Gasteiger partial charge in [0, 0.05) is 12.8 Å². The maximum atomic E-state index is 6.75. The molecular weight excluding hydrogens is 570 g/mol. The second-order valence-corrected chi connectivity index (χ2v) is 11.2. The van der Waals surface area contributed by atoms with Crippen LogP contribution in [0.3, 0.4) is 0 Å². The molecule has 5 aromatic carbocycles. The van der Waals surface area contributed by atoms with Gasteiger partial charge in [0.15, 0.2) is 0 Å². The van der Waals surface area contributed by atoms with E-state index < -0.39 is 12.2 Å². The van der Waals surface area contributed by atoms with Crippen LogP contribution >= 0.6 is 0 Å². The Morgan fingerprint density at radius 2 is 0.870 bits per heavy atom. The van der Waals surface area contributed by atoms with E-state index in [4.69, 9.17) is 23.9 Å². The van der Waals surface area contributed by atoms with E-state index in [9.17, 15) is 0 Å². The van der Waals surface area contributed by atoms with Crippen LogP contribution in [0.1, 0.15) is 34.2 Å². The van der Waals surface area contributed by atoms with Crippen molar-refractivity contribution < 1.29 is 18.9 Å². The third kappa shape index (κ3) is 11.5. The predicted octanol–water partition coefficient (Wildman–Crippen LogP) is 8.62. The molecule has 0 saturated carbocycles. The lowest BCUT2D eigenvalue weighted by Gasteiger charge is -2.32. The van der Waals surface area contributed by atoms with E-state index >= 15 is 0 Å². The predicted molar refractivity (Wildman–Crippen MR) is 184 cm³/mol. The van der Waals surface area contributed by atoms with Crippen molar-refractivity contribution in [1.82, 2.24) is 0 Å². The first-order chi connectivity index (χ1) is 22.8. The maximum absolute atomic E-state index is 6.75. The topological polar surface area (TPSA) is 49.3 Å². The third-order valence-corrected chi connectivity index (χ3v) is 7.59. The second kappa shape index (κ2) is 19.2. The molecule has 236 valence electrons. The fourth-order valence-electron chi connectivity index (χ4n) is 5.10. The number of benzene rings is 5. The van der Waals surface area contributed by atoms with Crippen LogP contribution in [0.25, 0.3) is 0 Å². The van der Waals surface area contributed by atoms with Crippen LogP contribution in [0.4, 0.5) is 0 Å². The summed E-state index contributed by atoms with van der Waals surface area (Å²) >= 11 is 0. The van der Waals surface area contributed by atoms with Gasteiger partial charge in [-0.2, -0.15) is 0 Å². The summed E-state index contributed by atoms with van der Waals surface area (Å²) in [5.74, 6) is 0. The Bertz CT molecular complexity index is 1520. The molecule has 0 aliphatic rings. The summed E-state index contributed by atoms with van der Waals surface area (Å²) in [6.07, 6.45) is 1.27. The molecule has 0 aliphatic heterocycles. The SMILES string of the molecule is C(=NCc1ccccc1)C(OCc1ccccc1)C(OCc1ccccc1)C(CCOCc1ccccc1)OCc1ccccc1. The molecule has 5 nitrogen and oxygen atoms in total. The van der Waals surface area contributed by atoms with Crippen LogP contribution in [0, 0.1) is 0 Å². The Labute approximate surface area is 273 Å². The average molecular weight is 614 g/mol. The minimum Gasteiger partial charge on any atom is -0.377 e. The van der Waals surface area contributed by atoms with Crippen molar-refractivity contribution in [3.05, 3.63) is 179 Å². The minimum atomic E-state index is -0.470. The first-order valence-electron chi connectivity index (χ1n) is 16.0. The standard InChI is InChI=1S/C41H43NO4/c1-6-16-34(17-7-1)28-42-29-40(45-32-37-22-12-4-13-23-37)41(46-33-38-24-14-5-15-25-38)39(44-31-36-20-10-3-11-21-36)26-27-43-30-35-18-8-2-9-19-35/h1-25,29,39-41H,26-28,30-33H2. The molecule has 0 spiro atoms. The van der Waals surface area contributed by atoms with Crippen molar-refractivity contribution in [3.63, 3.8) is 0 Å². The summed E-state index contributed by atoms with van der Waals surface area (Å²) in [6, 6.07) is 51.1. The largest absolute Gasteiger partial charge is 0.377 e. The number of ether oxygens (including phenoxy) is 4. The Morgan fingerprint density at radius 3 is 1.37 bits per heavy atom. The Morgan fingerprint density at radius 1 is 0.457 bits per heavy atom. The van der Waals surface area contributed by atoms with Gasteiger partial charge in [-0.05, 0) is 34.2 Å². The lowest BCUT2D eigenvalue weighted by Crippen LogP contribution is -2.44. The van der Waals surface area contributed by atoms with Gasteiger partial charge in [-0.15, -0.1) is 0 Å². The molecule has 0 radical (unpaired) electrons. The minimum absolute atomic E-state index is 0.330. The van der Waals surface area contributed by atoms with Crippen LogP contribution in [-0.4, -0.2) is 31.1 Å². The summed E-state index contributed by atoms with van der Waals surface area (Å²) in [5, 5.41) is 0. The molecule has 46 heavy (non-hydrogen) atoms. The van der Waals surface area contributed by atoms with Crippen LogP contribution < -0.4 is 0 Å². The molecule has 5 heteroatoms. The maximum Gasteiger partial charge on any atom is 0.121 e. The Kier molecular flexibility index (Phi) is 13.8. The molecule has 0 saturated heterocycles. The Hall–Kier alpha value is -4.39. The van der Waals surface area contributed by atoms with Crippen LogP contribution in [0.5, 0.6) is 0 Å².